The van der Waals surface area contributed by atoms with Crippen LogP contribution in [-0.4, -0.2) is 95.0 Å². The van der Waals surface area contributed by atoms with Crippen LogP contribution in [0, 0.1) is 22.7 Å². The topological polar surface area (TPSA) is 141 Å². The second kappa shape index (κ2) is 13.6. The maximum absolute atomic E-state index is 13.9. The molecule has 0 bridgehead atoms. The molecule has 39 heavy (non-hydrogen) atoms. The Balaban J connectivity index is 1.76. The largest absolute Gasteiger partial charge is 0.443 e. The number of aliphatic hydroxyl groups excluding tert-OH is 1. The molecule has 1 aromatic carbocycles. The number of rotatable bonds is 13. The zero-order chi connectivity index (χ0) is 28.8. The highest BCUT2D eigenvalue weighted by atomic mass is 32.2. The normalized spacial score (nSPS) is 22.7. The maximum atomic E-state index is 13.9. The number of amides is 1. The minimum atomic E-state index is -4.03. The van der Waals surface area contributed by atoms with Crippen molar-refractivity contribution in [3.8, 4) is 6.07 Å². The summed E-state index contributed by atoms with van der Waals surface area (Å²) in [4.78, 5) is 14.6. The van der Waals surface area contributed by atoms with Crippen molar-refractivity contribution in [2.24, 2.45) is 11.3 Å². The number of nitriles is 1. The number of sulfonamides is 1. The second-order valence-electron chi connectivity index (χ2n) is 11.0. The van der Waals surface area contributed by atoms with E-state index in [0.717, 1.165) is 12.1 Å². The fourth-order valence-electron chi connectivity index (χ4n) is 4.79. The molecule has 218 valence electrons. The van der Waals surface area contributed by atoms with E-state index < -0.39 is 39.8 Å². The van der Waals surface area contributed by atoms with Gasteiger partial charge >= 0.3 is 6.09 Å². The Hall–Kier alpha value is -2.00. The van der Waals surface area contributed by atoms with Crippen molar-refractivity contribution in [2.75, 3.05) is 51.5 Å². The molecule has 2 aliphatic heterocycles. The van der Waals surface area contributed by atoms with Gasteiger partial charge in [-0.1, -0.05) is 19.9 Å². The van der Waals surface area contributed by atoms with Crippen LogP contribution in [0.25, 0.3) is 0 Å². The van der Waals surface area contributed by atoms with Crippen molar-refractivity contribution in [1.82, 2.24) is 9.62 Å². The number of carbonyl (C=O) groups excluding carboxylic acids is 1. The number of ether oxygens (including phenoxy) is 3. The molecule has 2 fully saturated rings. The Kier molecular flexibility index (Phi) is 11.0. The number of aliphatic hydroxyl groups is 1. The van der Waals surface area contributed by atoms with Gasteiger partial charge < -0.3 is 29.5 Å². The SMILES string of the molecule is CN(C)c1cccc(S(=O)(=O)N(C[C@@H](O)[C@H](CP)NC(=O)O[C@H]2CO[C@H]3OCC[C@H]32)CC(C)(C)CCC#N)c1. The van der Waals surface area contributed by atoms with Gasteiger partial charge in [0.25, 0.3) is 0 Å². The van der Waals surface area contributed by atoms with E-state index in [-0.39, 0.29) is 49.4 Å². The number of hydrogen-bond donors (Lipinski definition) is 2. The Labute approximate surface area is 234 Å². The monoisotopic (exact) mass is 584 g/mol. The Morgan fingerprint density at radius 2 is 2.10 bits per heavy atom. The Bertz CT molecular complexity index is 1130. The Morgan fingerprint density at radius 3 is 2.77 bits per heavy atom. The van der Waals surface area contributed by atoms with E-state index in [9.17, 15) is 18.3 Å². The molecule has 2 saturated heterocycles. The molecule has 2 aliphatic rings. The van der Waals surface area contributed by atoms with E-state index in [2.05, 4.69) is 20.6 Å². The molecule has 0 saturated carbocycles. The van der Waals surface area contributed by atoms with Gasteiger partial charge in [0.15, 0.2) is 6.29 Å². The molecule has 1 unspecified atom stereocenters. The van der Waals surface area contributed by atoms with E-state index in [4.69, 9.17) is 19.5 Å². The molecule has 0 aromatic heterocycles. The third kappa shape index (κ3) is 8.26. The van der Waals surface area contributed by atoms with Crippen molar-refractivity contribution in [3.63, 3.8) is 0 Å². The first-order valence-corrected chi connectivity index (χ1v) is 15.4. The summed E-state index contributed by atoms with van der Waals surface area (Å²) in [6.45, 7) is 4.40. The van der Waals surface area contributed by atoms with Crippen LogP contribution in [0.15, 0.2) is 29.2 Å². The van der Waals surface area contributed by atoms with Crippen molar-refractivity contribution >= 4 is 31.0 Å². The molecule has 1 amide bonds. The van der Waals surface area contributed by atoms with Gasteiger partial charge in [0.2, 0.25) is 10.0 Å². The van der Waals surface area contributed by atoms with Crippen LogP contribution in [0.2, 0.25) is 0 Å². The van der Waals surface area contributed by atoms with Gasteiger partial charge in [-0.3, -0.25) is 0 Å². The van der Waals surface area contributed by atoms with Gasteiger partial charge in [0, 0.05) is 39.3 Å². The van der Waals surface area contributed by atoms with Gasteiger partial charge in [-0.15, -0.1) is 9.24 Å². The van der Waals surface area contributed by atoms with Crippen molar-refractivity contribution in [1.29, 1.82) is 5.26 Å². The average Bonchev–Trinajstić information content (AvgIpc) is 3.50. The number of nitrogens with zero attached hydrogens (tertiary/aromatic N) is 3. The van der Waals surface area contributed by atoms with Crippen molar-refractivity contribution < 1.29 is 32.5 Å². The number of alkyl carbamates (subject to hydrolysis) is 1. The van der Waals surface area contributed by atoms with Gasteiger partial charge in [0.1, 0.15) is 6.10 Å². The summed E-state index contributed by atoms with van der Waals surface area (Å²) in [6.07, 6.45) is -0.964. The summed E-state index contributed by atoms with van der Waals surface area (Å²) in [5.41, 5.74) is 0.186. The summed E-state index contributed by atoms with van der Waals surface area (Å²) in [5.74, 6) is -0.0238. The smallest absolute Gasteiger partial charge is 0.407 e. The number of anilines is 1. The number of nitrogens with one attached hydrogen (secondary N) is 1. The number of carbonyl (C=O) groups is 1. The third-order valence-electron chi connectivity index (χ3n) is 7.15. The summed E-state index contributed by atoms with van der Waals surface area (Å²) in [6, 6.07) is 7.93. The first-order valence-electron chi connectivity index (χ1n) is 13.1. The zero-order valence-corrected chi connectivity index (χ0v) is 25.0. The summed E-state index contributed by atoms with van der Waals surface area (Å²) < 4.78 is 45.5. The molecule has 3 rings (SSSR count). The highest BCUT2D eigenvalue weighted by Crippen LogP contribution is 2.33. The molecule has 1 aromatic rings. The first kappa shape index (κ1) is 31.5. The van der Waals surface area contributed by atoms with E-state index in [1.165, 1.54) is 10.4 Å². The highest BCUT2D eigenvalue weighted by molar-refractivity contribution is 7.89. The van der Waals surface area contributed by atoms with Gasteiger partial charge in [-0.2, -0.15) is 9.57 Å². The highest BCUT2D eigenvalue weighted by Gasteiger charge is 2.44. The quantitative estimate of drug-likeness (QED) is 0.334. The molecule has 2 heterocycles. The fraction of sp³-hybridized carbons (Fsp3) is 0.692. The molecule has 11 nitrogen and oxygen atoms in total. The molecule has 2 N–H and O–H groups in total. The predicted molar refractivity (Wildman–Crippen MR) is 150 cm³/mol. The van der Waals surface area contributed by atoms with Crippen LogP contribution in [-0.2, 0) is 24.2 Å². The second-order valence-corrected chi connectivity index (χ2v) is 13.4. The average molecular weight is 585 g/mol. The lowest BCUT2D eigenvalue weighted by molar-refractivity contribution is -0.0907. The number of fused-ring (bicyclic) bond motifs is 1. The molecule has 13 heteroatoms. The standard InChI is InChI=1S/C26H41N4O7PS/c1-26(2,10-6-11-27)17-30(39(33,34)19-8-5-7-18(13-19)29(3)4)14-22(31)21(16-38)28-25(32)37-23-15-36-24-20(23)9-12-35-24/h5,7-8,13,20-24,31H,6,9-10,12,14-17,38H2,1-4H3,(H,28,32)/t20-,21-,22+,23-,24+/m0/s1. The van der Waals surface area contributed by atoms with Crippen LogP contribution >= 0.6 is 9.24 Å². The van der Waals surface area contributed by atoms with Crippen LogP contribution in [0.4, 0.5) is 10.5 Å². The lowest BCUT2D eigenvalue weighted by Gasteiger charge is -2.34. The molecule has 6 atom stereocenters. The Morgan fingerprint density at radius 1 is 1.36 bits per heavy atom. The van der Waals surface area contributed by atoms with E-state index in [1.807, 2.05) is 38.9 Å². The molecule has 0 spiro atoms. The van der Waals surface area contributed by atoms with Gasteiger partial charge in [0.05, 0.1) is 42.2 Å². The minimum Gasteiger partial charge on any atom is -0.443 e. The van der Waals surface area contributed by atoms with Gasteiger partial charge in [-0.05, 0) is 42.6 Å². The third-order valence-corrected chi connectivity index (χ3v) is 9.46. The summed E-state index contributed by atoms with van der Waals surface area (Å²) >= 11 is 0. The summed E-state index contributed by atoms with van der Waals surface area (Å²) in [7, 11) is 2.10. The predicted octanol–water partition coefficient (Wildman–Crippen LogP) is 2.17. The zero-order valence-electron chi connectivity index (χ0n) is 23.1. The van der Waals surface area contributed by atoms with Crippen LogP contribution in [0.5, 0.6) is 0 Å². The number of hydrogen-bond acceptors (Lipinski definition) is 9. The van der Waals surface area contributed by atoms with Crippen LogP contribution < -0.4 is 10.2 Å². The van der Waals surface area contributed by atoms with Crippen molar-refractivity contribution in [3.05, 3.63) is 24.3 Å². The summed E-state index contributed by atoms with van der Waals surface area (Å²) in [5, 5.41) is 22.9. The molecule has 0 radical (unpaired) electrons. The first-order chi connectivity index (χ1) is 18.4. The van der Waals surface area contributed by atoms with E-state index in [0.29, 0.717) is 13.0 Å². The van der Waals surface area contributed by atoms with Gasteiger partial charge in [-0.25, -0.2) is 13.2 Å². The van der Waals surface area contributed by atoms with Crippen molar-refractivity contribution in [2.45, 2.75) is 62.5 Å². The fourth-order valence-corrected chi connectivity index (χ4v) is 6.91. The van der Waals surface area contributed by atoms with Crippen LogP contribution in [0.1, 0.15) is 33.1 Å². The molecule has 0 aliphatic carbocycles. The van der Waals surface area contributed by atoms with E-state index >= 15 is 0 Å². The maximum Gasteiger partial charge on any atom is 0.407 e. The minimum absolute atomic E-state index is 0.0238. The molecular weight excluding hydrogens is 543 g/mol. The number of benzene rings is 1. The molecular formula is C26H41N4O7PS. The lowest BCUT2D eigenvalue weighted by Crippen LogP contribution is -2.52. The van der Waals surface area contributed by atoms with Crippen LogP contribution in [0.3, 0.4) is 0 Å². The lowest BCUT2D eigenvalue weighted by atomic mass is 9.88. The van der Waals surface area contributed by atoms with E-state index in [1.54, 1.807) is 12.1 Å².